The van der Waals surface area contributed by atoms with Crippen LogP contribution in [0.5, 0.6) is 0 Å². The molecule has 0 saturated carbocycles. The Kier molecular flexibility index (Phi) is 8.15. The van der Waals surface area contributed by atoms with E-state index in [1.165, 1.54) is 11.1 Å². The number of hydrogen-bond donors (Lipinski definition) is 2. The predicted molar refractivity (Wildman–Crippen MR) is 116 cm³/mol. The quantitative estimate of drug-likeness (QED) is 0.414. The summed E-state index contributed by atoms with van der Waals surface area (Å²) in [5.41, 5.74) is 11.0. The summed E-state index contributed by atoms with van der Waals surface area (Å²) in [6, 6.07) is 9.96. The largest absolute Gasteiger partial charge is 0.370 e. The van der Waals surface area contributed by atoms with Crippen molar-refractivity contribution in [2.75, 3.05) is 5.32 Å². The maximum atomic E-state index is 12.2. The Bertz CT molecular complexity index is 789. The zero-order valence-electron chi connectivity index (χ0n) is 15.3. The van der Waals surface area contributed by atoms with E-state index in [0.717, 1.165) is 24.2 Å². The molecule has 3 N–H and O–H groups in total. The first-order valence-electron chi connectivity index (χ1n) is 8.31. The van der Waals surface area contributed by atoms with Crippen molar-refractivity contribution < 1.29 is 0 Å². The van der Waals surface area contributed by atoms with E-state index in [1.54, 1.807) is 11.6 Å². The molecule has 0 radical (unpaired) electrons. The highest BCUT2D eigenvalue weighted by molar-refractivity contribution is 14.0. The fraction of sp³-hybridized carbons (Fsp3) is 0.368. The smallest absolute Gasteiger partial charge is 0.255 e. The molecule has 0 amide bonds. The second-order valence-electron chi connectivity index (χ2n) is 5.85. The molecule has 1 heterocycles. The molecule has 1 aromatic carbocycles. The van der Waals surface area contributed by atoms with Gasteiger partial charge in [-0.1, -0.05) is 32.0 Å². The lowest BCUT2D eigenvalue weighted by Gasteiger charge is -2.15. The summed E-state index contributed by atoms with van der Waals surface area (Å²) in [6.45, 7) is 6.40. The van der Waals surface area contributed by atoms with Gasteiger partial charge in [0.1, 0.15) is 0 Å². The number of guanidine groups is 1. The molecule has 0 saturated heterocycles. The van der Waals surface area contributed by atoms with Crippen LogP contribution < -0.4 is 16.6 Å². The highest BCUT2D eigenvalue weighted by Crippen LogP contribution is 2.22. The topological polar surface area (TPSA) is 72.4 Å². The minimum Gasteiger partial charge on any atom is -0.370 e. The van der Waals surface area contributed by atoms with Crippen LogP contribution in [0.15, 0.2) is 40.1 Å². The van der Waals surface area contributed by atoms with Crippen LogP contribution in [0.2, 0.25) is 0 Å². The predicted octanol–water partition coefficient (Wildman–Crippen LogP) is 3.36. The number of halogens is 1. The molecule has 2 aromatic rings. The average Bonchev–Trinajstić information content (AvgIpc) is 2.59. The normalized spacial score (nSPS) is 11.1. The van der Waals surface area contributed by atoms with Crippen molar-refractivity contribution in [1.82, 2.24) is 4.57 Å². The van der Waals surface area contributed by atoms with Crippen LogP contribution in [-0.2, 0) is 26.4 Å². The molecule has 5 nitrogen and oxygen atoms in total. The second kappa shape index (κ2) is 9.60. The van der Waals surface area contributed by atoms with Crippen molar-refractivity contribution in [3.63, 3.8) is 0 Å². The summed E-state index contributed by atoms with van der Waals surface area (Å²) in [4.78, 5) is 16.5. The van der Waals surface area contributed by atoms with Crippen LogP contribution in [0.3, 0.4) is 0 Å². The van der Waals surface area contributed by atoms with E-state index >= 15 is 0 Å². The Morgan fingerprint density at radius 2 is 1.72 bits per heavy atom. The van der Waals surface area contributed by atoms with Gasteiger partial charge in [-0.2, -0.15) is 0 Å². The fourth-order valence-corrected chi connectivity index (χ4v) is 2.64. The summed E-state index contributed by atoms with van der Waals surface area (Å²) in [5, 5.41) is 3.22. The number of hydrogen-bond acceptors (Lipinski definition) is 2. The van der Waals surface area contributed by atoms with Gasteiger partial charge in [0.2, 0.25) is 0 Å². The molecular formula is C19H27IN4O. The van der Waals surface area contributed by atoms with Crippen LogP contribution in [-0.4, -0.2) is 10.5 Å². The third kappa shape index (κ3) is 5.07. The summed E-state index contributed by atoms with van der Waals surface area (Å²) in [5.74, 6) is 0.327. The van der Waals surface area contributed by atoms with Crippen LogP contribution in [0.1, 0.15) is 36.2 Å². The number of rotatable bonds is 5. The van der Waals surface area contributed by atoms with Crippen LogP contribution >= 0.6 is 24.0 Å². The first-order valence-corrected chi connectivity index (χ1v) is 8.31. The number of nitrogens with two attached hydrogens (primary N) is 1. The van der Waals surface area contributed by atoms with Gasteiger partial charge in [0.05, 0.1) is 6.54 Å². The molecule has 25 heavy (non-hydrogen) atoms. The van der Waals surface area contributed by atoms with E-state index in [-0.39, 0.29) is 36.1 Å². The van der Waals surface area contributed by atoms with E-state index in [9.17, 15) is 4.79 Å². The number of nitrogens with zero attached hydrogens (tertiary/aromatic N) is 2. The van der Waals surface area contributed by atoms with Gasteiger partial charge in [0, 0.05) is 24.0 Å². The highest BCUT2D eigenvalue weighted by atomic mass is 127. The molecule has 0 unspecified atom stereocenters. The van der Waals surface area contributed by atoms with Gasteiger partial charge < -0.3 is 15.6 Å². The Morgan fingerprint density at radius 1 is 1.12 bits per heavy atom. The number of aromatic nitrogens is 1. The van der Waals surface area contributed by atoms with Gasteiger partial charge >= 0.3 is 0 Å². The SMILES string of the molecule is CCc1cccc(CC)c1NC(N)=NCc1ccc(C)n(C)c1=O.I. The summed E-state index contributed by atoms with van der Waals surface area (Å²) in [7, 11) is 1.76. The molecule has 1 aromatic heterocycles. The van der Waals surface area contributed by atoms with E-state index in [2.05, 4.69) is 42.4 Å². The number of nitrogens with one attached hydrogen (secondary N) is 1. The Labute approximate surface area is 166 Å². The van der Waals surface area contributed by atoms with Crippen molar-refractivity contribution in [2.45, 2.75) is 40.2 Å². The Balaban J connectivity index is 0.00000312. The maximum absolute atomic E-state index is 12.2. The first kappa shape index (κ1) is 21.2. The number of aryl methyl sites for hydroxylation is 3. The first-order chi connectivity index (χ1) is 11.5. The molecule has 2 rings (SSSR count). The molecular weight excluding hydrogens is 427 g/mol. The molecule has 6 heteroatoms. The summed E-state index contributed by atoms with van der Waals surface area (Å²) < 4.78 is 1.62. The molecule has 0 spiro atoms. The third-order valence-electron chi connectivity index (χ3n) is 4.31. The van der Waals surface area contributed by atoms with E-state index in [4.69, 9.17) is 5.73 Å². The van der Waals surface area contributed by atoms with Crippen LogP contribution in [0, 0.1) is 6.92 Å². The number of benzene rings is 1. The minimum absolute atomic E-state index is 0. The molecule has 136 valence electrons. The van der Waals surface area contributed by atoms with Crippen molar-refractivity contribution >= 4 is 35.6 Å². The number of aliphatic imine (C=N–C) groups is 1. The maximum Gasteiger partial charge on any atom is 0.255 e. The van der Waals surface area contributed by atoms with Crippen LogP contribution in [0.4, 0.5) is 5.69 Å². The van der Waals surface area contributed by atoms with Gasteiger partial charge in [0.25, 0.3) is 5.56 Å². The average molecular weight is 454 g/mol. The molecule has 0 atom stereocenters. The van der Waals surface area contributed by atoms with Gasteiger partial charge in [-0.05, 0) is 43.0 Å². The Morgan fingerprint density at radius 3 is 2.28 bits per heavy atom. The van der Waals surface area contributed by atoms with Gasteiger partial charge in [0.15, 0.2) is 5.96 Å². The van der Waals surface area contributed by atoms with Gasteiger partial charge in [-0.3, -0.25) is 4.79 Å². The molecule has 0 aliphatic rings. The van der Waals surface area contributed by atoms with Crippen LogP contribution in [0.25, 0.3) is 0 Å². The van der Waals surface area contributed by atoms with Crippen molar-refractivity contribution in [1.29, 1.82) is 0 Å². The van der Waals surface area contributed by atoms with Crippen molar-refractivity contribution in [3.05, 3.63) is 63.1 Å². The number of pyridine rings is 1. The van der Waals surface area contributed by atoms with E-state index in [0.29, 0.717) is 11.5 Å². The van der Waals surface area contributed by atoms with Gasteiger partial charge in [-0.25, -0.2) is 4.99 Å². The zero-order valence-corrected chi connectivity index (χ0v) is 17.6. The molecule has 0 aliphatic carbocycles. The lowest BCUT2D eigenvalue weighted by atomic mass is 10.0. The molecule has 0 bridgehead atoms. The van der Waals surface area contributed by atoms with E-state index in [1.807, 2.05) is 19.1 Å². The summed E-state index contributed by atoms with van der Waals surface area (Å²) in [6.07, 6.45) is 1.84. The number of para-hydroxylation sites is 1. The second-order valence-corrected chi connectivity index (χ2v) is 5.85. The Hall–Kier alpha value is -1.83. The van der Waals surface area contributed by atoms with Crippen molar-refractivity contribution in [3.8, 4) is 0 Å². The third-order valence-corrected chi connectivity index (χ3v) is 4.31. The highest BCUT2D eigenvalue weighted by Gasteiger charge is 2.08. The van der Waals surface area contributed by atoms with Crippen molar-refractivity contribution in [2.24, 2.45) is 17.8 Å². The molecule has 0 fully saturated rings. The van der Waals surface area contributed by atoms with Gasteiger partial charge in [-0.15, -0.1) is 24.0 Å². The van der Waals surface area contributed by atoms with E-state index < -0.39 is 0 Å². The standard InChI is InChI=1S/C19H26N4O.HI/c1-5-14-8-7-9-15(6-2)17(14)22-19(20)21-12-16-11-10-13(3)23(4)18(16)24;/h7-11H,5-6,12H2,1-4H3,(H3,20,21,22);1H. The fourth-order valence-electron chi connectivity index (χ4n) is 2.64. The minimum atomic E-state index is -0.0326. The number of anilines is 1. The zero-order chi connectivity index (χ0) is 17.7. The summed E-state index contributed by atoms with van der Waals surface area (Å²) >= 11 is 0. The lowest BCUT2D eigenvalue weighted by Crippen LogP contribution is -2.26. The monoisotopic (exact) mass is 454 g/mol. The molecule has 0 aliphatic heterocycles. The lowest BCUT2D eigenvalue weighted by molar-refractivity contribution is 0.795.